The Kier molecular flexibility index (Phi) is 2.91. The summed E-state index contributed by atoms with van der Waals surface area (Å²) >= 11 is 7.40. The maximum Gasteiger partial charge on any atom is 0.184 e. The second kappa shape index (κ2) is 4.58. The van der Waals surface area contributed by atoms with Crippen LogP contribution in [-0.2, 0) is 0 Å². The van der Waals surface area contributed by atoms with Crippen molar-refractivity contribution in [1.29, 1.82) is 0 Å². The summed E-state index contributed by atoms with van der Waals surface area (Å²) in [6, 6.07) is 1.78. The van der Waals surface area contributed by atoms with Crippen LogP contribution in [0.2, 0.25) is 4.47 Å². The Labute approximate surface area is 131 Å². The predicted molar refractivity (Wildman–Crippen MR) is 81.9 cm³/mol. The van der Waals surface area contributed by atoms with Gasteiger partial charge >= 0.3 is 0 Å². The quantitative estimate of drug-likeness (QED) is 0.781. The summed E-state index contributed by atoms with van der Waals surface area (Å²) in [6.07, 6.45) is 2.97. The number of benzene rings is 1. The van der Waals surface area contributed by atoms with E-state index in [0.29, 0.717) is 40.3 Å². The second-order valence-corrected chi connectivity index (χ2v) is 7.42. The molecule has 0 unspecified atom stereocenters. The van der Waals surface area contributed by atoms with E-state index in [9.17, 15) is 4.79 Å². The Morgan fingerprint density at radius 3 is 2.86 bits per heavy atom. The van der Waals surface area contributed by atoms with E-state index in [1.165, 1.54) is 11.3 Å². The SMILES string of the molecule is CC1(C(=O)c2cc3c(c4sc(Cl)nc24)OCCO3)CCC1. The van der Waals surface area contributed by atoms with Gasteiger partial charge in [-0.3, -0.25) is 4.79 Å². The third kappa shape index (κ3) is 1.94. The van der Waals surface area contributed by atoms with E-state index in [4.69, 9.17) is 21.1 Å². The molecule has 0 amide bonds. The highest BCUT2D eigenvalue weighted by molar-refractivity contribution is 7.22. The van der Waals surface area contributed by atoms with Crippen LogP contribution in [0.15, 0.2) is 6.07 Å². The van der Waals surface area contributed by atoms with E-state index in [1.54, 1.807) is 6.07 Å². The molecule has 21 heavy (non-hydrogen) atoms. The summed E-state index contributed by atoms with van der Waals surface area (Å²) in [5, 5.41) is 0. The number of carbonyl (C=O) groups is 1. The number of rotatable bonds is 2. The minimum Gasteiger partial charge on any atom is -0.486 e. The van der Waals surface area contributed by atoms with Crippen molar-refractivity contribution in [3.05, 3.63) is 16.1 Å². The summed E-state index contributed by atoms with van der Waals surface area (Å²) in [4.78, 5) is 17.2. The lowest BCUT2D eigenvalue weighted by molar-refractivity contribution is 0.0665. The summed E-state index contributed by atoms with van der Waals surface area (Å²) < 4.78 is 12.6. The number of halogens is 1. The zero-order valence-electron chi connectivity index (χ0n) is 11.6. The molecule has 0 bridgehead atoms. The number of Topliss-reactive ketones (excluding diaryl/α,β-unsaturated/α-hetero) is 1. The van der Waals surface area contributed by atoms with Crippen molar-refractivity contribution in [1.82, 2.24) is 4.98 Å². The Balaban J connectivity index is 1.94. The zero-order chi connectivity index (χ0) is 14.6. The lowest BCUT2D eigenvalue weighted by Gasteiger charge is -2.36. The van der Waals surface area contributed by atoms with Gasteiger partial charge < -0.3 is 9.47 Å². The number of fused-ring (bicyclic) bond motifs is 3. The standard InChI is InChI=1S/C15H14ClNO3S/c1-15(3-2-4-15)13(18)8-7-9-11(20-6-5-19-9)12-10(8)17-14(16)21-12/h7H,2-6H2,1H3. The van der Waals surface area contributed by atoms with Gasteiger partial charge in [0.25, 0.3) is 0 Å². The van der Waals surface area contributed by atoms with Gasteiger partial charge in [0.1, 0.15) is 17.9 Å². The summed E-state index contributed by atoms with van der Waals surface area (Å²) in [5.74, 6) is 1.42. The first-order chi connectivity index (χ1) is 10.1. The first kappa shape index (κ1) is 13.3. The second-order valence-electron chi connectivity index (χ2n) is 5.84. The van der Waals surface area contributed by atoms with Gasteiger partial charge in [0.15, 0.2) is 21.7 Å². The Hall–Kier alpha value is -1.33. The van der Waals surface area contributed by atoms with Crippen LogP contribution in [0, 0.1) is 5.41 Å². The zero-order valence-corrected chi connectivity index (χ0v) is 13.1. The number of aromatic nitrogens is 1. The molecule has 2 aromatic rings. The smallest absolute Gasteiger partial charge is 0.184 e. The maximum absolute atomic E-state index is 12.9. The first-order valence-corrected chi connectivity index (χ1v) is 8.21. The van der Waals surface area contributed by atoms with E-state index >= 15 is 0 Å². The largest absolute Gasteiger partial charge is 0.486 e. The molecule has 0 N–H and O–H groups in total. The molecular formula is C15H14ClNO3S. The Bertz CT molecular complexity index is 751. The molecule has 4 nitrogen and oxygen atoms in total. The van der Waals surface area contributed by atoms with Crippen molar-refractivity contribution in [3.63, 3.8) is 0 Å². The van der Waals surface area contributed by atoms with Crippen LogP contribution >= 0.6 is 22.9 Å². The maximum atomic E-state index is 12.9. The topological polar surface area (TPSA) is 48.4 Å². The van der Waals surface area contributed by atoms with Gasteiger partial charge in [0, 0.05) is 11.0 Å². The normalized spacial score (nSPS) is 19.3. The summed E-state index contributed by atoms with van der Waals surface area (Å²) in [7, 11) is 0. The summed E-state index contributed by atoms with van der Waals surface area (Å²) in [5.41, 5.74) is 0.985. The fourth-order valence-electron chi connectivity index (χ4n) is 2.98. The molecule has 1 aromatic carbocycles. The van der Waals surface area contributed by atoms with Crippen molar-refractivity contribution in [3.8, 4) is 11.5 Å². The monoisotopic (exact) mass is 323 g/mol. The van der Waals surface area contributed by atoms with Gasteiger partial charge in [-0.25, -0.2) is 4.98 Å². The van der Waals surface area contributed by atoms with E-state index in [2.05, 4.69) is 4.98 Å². The van der Waals surface area contributed by atoms with E-state index < -0.39 is 0 Å². The molecule has 1 saturated carbocycles. The van der Waals surface area contributed by atoms with Crippen molar-refractivity contribution in [2.75, 3.05) is 13.2 Å². The van der Waals surface area contributed by atoms with Gasteiger partial charge in [-0.05, 0) is 18.9 Å². The van der Waals surface area contributed by atoms with Gasteiger partial charge in [-0.2, -0.15) is 0 Å². The number of hydrogen-bond donors (Lipinski definition) is 0. The highest BCUT2D eigenvalue weighted by Crippen LogP contribution is 2.48. The van der Waals surface area contributed by atoms with Crippen LogP contribution in [0.25, 0.3) is 10.2 Å². The Morgan fingerprint density at radius 2 is 2.14 bits per heavy atom. The molecule has 1 aliphatic carbocycles. The average Bonchev–Trinajstić information content (AvgIpc) is 2.85. The lowest BCUT2D eigenvalue weighted by atomic mass is 9.66. The molecule has 0 saturated heterocycles. The number of ketones is 1. The molecule has 6 heteroatoms. The highest BCUT2D eigenvalue weighted by atomic mass is 35.5. The fourth-order valence-corrected chi connectivity index (χ4v) is 4.10. The fraction of sp³-hybridized carbons (Fsp3) is 0.467. The van der Waals surface area contributed by atoms with Gasteiger partial charge in [-0.15, -0.1) is 0 Å². The molecule has 1 aromatic heterocycles. The minimum absolute atomic E-state index is 0.137. The number of nitrogens with zero attached hydrogens (tertiary/aromatic N) is 1. The minimum atomic E-state index is -0.271. The van der Waals surface area contributed by atoms with E-state index in [1.807, 2.05) is 6.92 Å². The van der Waals surface area contributed by atoms with Gasteiger partial charge in [-0.1, -0.05) is 36.3 Å². The van der Waals surface area contributed by atoms with Crippen molar-refractivity contribution < 1.29 is 14.3 Å². The third-order valence-corrected chi connectivity index (χ3v) is 5.56. The molecule has 2 aliphatic rings. The number of thiazole rings is 1. The summed E-state index contributed by atoms with van der Waals surface area (Å²) in [6.45, 7) is 3.02. The van der Waals surface area contributed by atoms with Crippen LogP contribution in [0.4, 0.5) is 0 Å². The van der Waals surface area contributed by atoms with Gasteiger partial charge in [0.2, 0.25) is 0 Å². The van der Waals surface area contributed by atoms with Crippen molar-refractivity contribution in [2.24, 2.45) is 5.41 Å². The number of ether oxygens (including phenoxy) is 2. The van der Waals surface area contributed by atoms with Crippen LogP contribution in [0.1, 0.15) is 36.5 Å². The van der Waals surface area contributed by atoms with Crippen LogP contribution in [0.3, 0.4) is 0 Å². The molecule has 0 atom stereocenters. The molecule has 1 aliphatic heterocycles. The number of hydrogen-bond acceptors (Lipinski definition) is 5. The van der Waals surface area contributed by atoms with Crippen molar-refractivity contribution in [2.45, 2.75) is 26.2 Å². The molecule has 2 heterocycles. The first-order valence-electron chi connectivity index (χ1n) is 7.02. The Morgan fingerprint density at radius 1 is 1.38 bits per heavy atom. The van der Waals surface area contributed by atoms with Crippen LogP contribution < -0.4 is 9.47 Å². The molecule has 110 valence electrons. The van der Waals surface area contributed by atoms with Crippen molar-refractivity contribution >= 4 is 38.9 Å². The molecule has 0 radical (unpaired) electrons. The molecular weight excluding hydrogens is 310 g/mol. The van der Waals surface area contributed by atoms with Gasteiger partial charge in [0.05, 0.1) is 5.52 Å². The van der Waals surface area contributed by atoms with Crippen LogP contribution in [-0.4, -0.2) is 24.0 Å². The molecule has 1 fully saturated rings. The molecule has 4 rings (SSSR count). The molecule has 0 spiro atoms. The van der Waals surface area contributed by atoms with Crippen LogP contribution in [0.5, 0.6) is 11.5 Å². The third-order valence-electron chi connectivity index (χ3n) is 4.40. The number of carbonyl (C=O) groups excluding carboxylic acids is 1. The predicted octanol–water partition coefficient (Wildman–Crippen LogP) is 4.09. The van der Waals surface area contributed by atoms with E-state index in [-0.39, 0.29) is 11.2 Å². The average molecular weight is 324 g/mol. The lowest BCUT2D eigenvalue weighted by Crippen LogP contribution is -2.35. The highest BCUT2D eigenvalue weighted by Gasteiger charge is 2.41. The van der Waals surface area contributed by atoms with E-state index in [0.717, 1.165) is 24.0 Å².